The molecule has 0 radical (unpaired) electrons. The molecule has 2 unspecified atom stereocenters. The van der Waals surface area contributed by atoms with Gasteiger partial charge in [0.1, 0.15) is 0 Å². The van der Waals surface area contributed by atoms with Crippen LogP contribution in [0, 0.1) is 5.92 Å². The first-order valence-electron chi connectivity index (χ1n) is 8.85. The lowest BCUT2D eigenvalue weighted by Crippen LogP contribution is -2.44. The van der Waals surface area contributed by atoms with E-state index in [4.69, 9.17) is 4.74 Å². The third kappa shape index (κ3) is 8.68. The number of aliphatic imine (C=N–C) groups is 1. The minimum atomic E-state index is -2.89. The number of nitrogens with one attached hydrogen (secondary N) is 2. The highest BCUT2D eigenvalue weighted by molar-refractivity contribution is 14.0. The van der Waals surface area contributed by atoms with E-state index in [-0.39, 0.29) is 47.4 Å². The molecule has 1 aliphatic rings. The molecule has 1 saturated heterocycles. The van der Waals surface area contributed by atoms with Gasteiger partial charge in [0.25, 0.3) is 0 Å². The Kier molecular flexibility index (Phi) is 10.5. The number of sulfone groups is 1. The third-order valence-electron chi connectivity index (χ3n) is 3.99. The molecule has 26 heavy (non-hydrogen) atoms. The summed E-state index contributed by atoms with van der Waals surface area (Å²) in [5, 5.41) is 6.41. The van der Waals surface area contributed by atoms with Crippen molar-refractivity contribution in [1.82, 2.24) is 10.6 Å². The van der Waals surface area contributed by atoms with Crippen LogP contribution in [0.4, 0.5) is 0 Å². The van der Waals surface area contributed by atoms with E-state index in [0.29, 0.717) is 32.1 Å². The van der Waals surface area contributed by atoms with Gasteiger partial charge >= 0.3 is 0 Å². The van der Waals surface area contributed by atoms with Gasteiger partial charge in [-0.05, 0) is 24.8 Å². The molecule has 8 heteroatoms. The second-order valence-corrected chi connectivity index (χ2v) is 8.80. The van der Waals surface area contributed by atoms with E-state index >= 15 is 0 Å². The van der Waals surface area contributed by atoms with Gasteiger partial charge in [-0.1, -0.05) is 37.3 Å². The van der Waals surface area contributed by atoms with Gasteiger partial charge in [-0.15, -0.1) is 24.0 Å². The Morgan fingerprint density at radius 2 is 2.08 bits per heavy atom. The Bertz CT molecular complexity index is 653. The highest BCUT2D eigenvalue weighted by atomic mass is 127. The summed E-state index contributed by atoms with van der Waals surface area (Å²) < 4.78 is 28.9. The smallest absolute Gasteiger partial charge is 0.191 e. The molecule has 1 aromatic rings. The fraction of sp³-hybridized carbons (Fsp3) is 0.611. The number of hydrogen-bond acceptors (Lipinski definition) is 4. The summed E-state index contributed by atoms with van der Waals surface area (Å²) in [6.07, 6.45) is 0.641. The maximum absolute atomic E-state index is 11.6. The Labute approximate surface area is 174 Å². The molecule has 148 valence electrons. The number of ether oxygens (including phenoxy) is 1. The summed E-state index contributed by atoms with van der Waals surface area (Å²) >= 11 is 0. The fourth-order valence-corrected chi connectivity index (χ4v) is 4.35. The van der Waals surface area contributed by atoms with Gasteiger partial charge in [-0.3, -0.25) is 4.99 Å². The van der Waals surface area contributed by atoms with Gasteiger partial charge in [-0.25, -0.2) is 8.42 Å². The molecule has 0 spiro atoms. The number of guanidine groups is 1. The normalized spacial score (nSPS) is 20.2. The number of halogens is 1. The molecule has 1 heterocycles. The standard InChI is InChI=1S/C18H29N3O3S.HI/c1-3-19-18(21-17-9-10-25(22,23)14-17)20-11-15(2)12-24-13-16-7-5-4-6-8-16;/h4-8,15,17H,3,9-14H2,1-2H3,(H2,19,20,21);1H. The molecule has 1 aromatic carbocycles. The molecule has 1 fully saturated rings. The van der Waals surface area contributed by atoms with Crippen molar-refractivity contribution in [3.8, 4) is 0 Å². The van der Waals surface area contributed by atoms with E-state index in [9.17, 15) is 8.42 Å². The SMILES string of the molecule is CCNC(=NCC(C)COCc1ccccc1)NC1CCS(=O)(=O)C1.I. The van der Waals surface area contributed by atoms with Crippen molar-refractivity contribution >= 4 is 39.8 Å². The highest BCUT2D eigenvalue weighted by Gasteiger charge is 2.28. The van der Waals surface area contributed by atoms with E-state index in [1.54, 1.807) is 0 Å². The van der Waals surface area contributed by atoms with Gasteiger partial charge in [0.05, 0.1) is 24.7 Å². The van der Waals surface area contributed by atoms with Crippen molar-refractivity contribution < 1.29 is 13.2 Å². The van der Waals surface area contributed by atoms with Crippen molar-refractivity contribution in [2.75, 3.05) is 31.2 Å². The van der Waals surface area contributed by atoms with E-state index in [0.717, 1.165) is 12.1 Å². The molecule has 0 aliphatic carbocycles. The summed E-state index contributed by atoms with van der Waals surface area (Å²) in [7, 11) is -2.89. The maximum atomic E-state index is 11.6. The van der Waals surface area contributed by atoms with Crippen molar-refractivity contribution in [1.29, 1.82) is 0 Å². The van der Waals surface area contributed by atoms with E-state index in [1.165, 1.54) is 0 Å². The molecule has 2 atom stereocenters. The summed E-state index contributed by atoms with van der Waals surface area (Å²) in [5.74, 6) is 1.41. The minimum Gasteiger partial charge on any atom is -0.376 e. The van der Waals surface area contributed by atoms with Crippen LogP contribution in [0.1, 0.15) is 25.8 Å². The molecular formula is C18H30IN3O3S. The lowest BCUT2D eigenvalue weighted by atomic mass is 10.2. The maximum Gasteiger partial charge on any atom is 0.191 e. The summed E-state index contributed by atoms with van der Waals surface area (Å²) in [4.78, 5) is 4.57. The van der Waals surface area contributed by atoms with E-state index in [1.807, 2.05) is 37.3 Å². The molecule has 0 aromatic heterocycles. The van der Waals surface area contributed by atoms with Crippen molar-refractivity contribution in [2.24, 2.45) is 10.9 Å². The van der Waals surface area contributed by atoms with Crippen LogP contribution in [0.3, 0.4) is 0 Å². The predicted octanol–water partition coefficient (Wildman–Crippen LogP) is 2.20. The lowest BCUT2D eigenvalue weighted by molar-refractivity contribution is 0.0945. The minimum absolute atomic E-state index is 0. The first-order chi connectivity index (χ1) is 12.0. The zero-order chi connectivity index (χ0) is 18.1. The zero-order valence-electron chi connectivity index (χ0n) is 15.5. The van der Waals surface area contributed by atoms with Gasteiger partial charge in [0, 0.05) is 19.1 Å². The fourth-order valence-electron chi connectivity index (χ4n) is 2.67. The third-order valence-corrected chi connectivity index (χ3v) is 5.76. The number of rotatable bonds is 8. The quantitative estimate of drug-likeness (QED) is 0.329. The van der Waals surface area contributed by atoms with Crippen molar-refractivity contribution in [3.63, 3.8) is 0 Å². The van der Waals surface area contributed by atoms with Crippen LogP contribution in [0.15, 0.2) is 35.3 Å². The molecule has 1 aliphatic heterocycles. The molecule has 2 rings (SSSR count). The van der Waals surface area contributed by atoms with Crippen LogP contribution in [0.25, 0.3) is 0 Å². The highest BCUT2D eigenvalue weighted by Crippen LogP contribution is 2.11. The van der Waals surface area contributed by atoms with Gasteiger partial charge in [0.2, 0.25) is 0 Å². The van der Waals surface area contributed by atoms with Crippen LogP contribution in [-0.2, 0) is 21.2 Å². The molecule has 2 N–H and O–H groups in total. The van der Waals surface area contributed by atoms with Crippen LogP contribution in [-0.4, -0.2) is 51.6 Å². The van der Waals surface area contributed by atoms with Gasteiger partial charge in [0.15, 0.2) is 15.8 Å². The van der Waals surface area contributed by atoms with Crippen molar-refractivity contribution in [3.05, 3.63) is 35.9 Å². The second-order valence-electron chi connectivity index (χ2n) is 6.57. The largest absolute Gasteiger partial charge is 0.376 e. The van der Waals surface area contributed by atoms with E-state index in [2.05, 4.69) is 22.5 Å². The average molecular weight is 495 g/mol. The van der Waals surface area contributed by atoms with E-state index < -0.39 is 9.84 Å². The number of nitrogens with zero attached hydrogens (tertiary/aromatic N) is 1. The molecule has 6 nitrogen and oxygen atoms in total. The summed E-state index contributed by atoms with van der Waals surface area (Å²) in [6, 6.07) is 10.0. The molecule has 0 bridgehead atoms. The van der Waals surface area contributed by atoms with Crippen LogP contribution in [0.2, 0.25) is 0 Å². The molecule has 0 amide bonds. The number of benzene rings is 1. The molecular weight excluding hydrogens is 465 g/mol. The monoisotopic (exact) mass is 495 g/mol. The van der Waals surface area contributed by atoms with Crippen LogP contribution in [0.5, 0.6) is 0 Å². The lowest BCUT2D eigenvalue weighted by Gasteiger charge is -2.17. The first kappa shape index (κ1) is 23.2. The summed E-state index contributed by atoms with van der Waals surface area (Å²) in [6.45, 7) is 6.70. The Morgan fingerprint density at radius 3 is 2.69 bits per heavy atom. The van der Waals surface area contributed by atoms with Crippen LogP contribution < -0.4 is 10.6 Å². The van der Waals surface area contributed by atoms with Crippen LogP contribution >= 0.6 is 24.0 Å². The van der Waals surface area contributed by atoms with Gasteiger partial charge < -0.3 is 15.4 Å². The summed E-state index contributed by atoms with van der Waals surface area (Å²) in [5.41, 5.74) is 1.16. The van der Waals surface area contributed by atoms with Gasteiger partial charge in [-0.2, -0.15) is 0 Å². The Morgan fingerprint density at radius 1 is 1.35 bits per heavy atom. The topological polar surface area (TPSA) is 79.8 Å². The second kappa shape index (κ2) is 11.8. The Balaban J connectivity index is 0.00000338. The zero-order valence-corrected chi connectivity index (χ0v) is 18.6. The number of hydrogen-bond donors (Lipinski definition) is 2. The average Bonchev–Trinajstić information content (AvgIpc) is 2.92. The molecule has 0 saturated carbocycles. The predicted molar refractivity (Wildman–Crippen MR) is 117 cm³/mol. The Hall–Kier alpha value is -0.870. The van der Waals surface area contributed by atoms with Crippen molar-refractivity contribution in [2.45, 2.75) is 32.9 Å². The first-order valence-corrected chi connectivity index (χ1v) is 10.7.